The molecule has 0 aliphatic carbocycles. The Bertz CT molecular complexity index is 1190. The summed E-state index contributed by atoms with van der Waals surface area (Å²) in [6, 6.07) is 16.1. The molecule has 0 N–H and O–H groups in total. The largest absolute Gasteiger partial charge is 0.335 e. The van der Waals surface area contributed by atoms with Crippen LogP contribution in [0.4, 0.5) is 0 Å². The third-order valence-corrected chi connectivity index (χ3v) is 6.34. The first-order valence-electron chi connectivity index (χ1n) is 10.6. The van der Waals surface area contributed by atoms with Gasteiger partial charge >= 0.3 is 0 Å². The van der Waals surface area contributed by atoms with Gasteiger partial charge in [0, 0.05) is 38.1 Å². The molecular weight excluding hydrogens is 422 g/mol. The fourth-order valence-electron chi connectivity index (χ4n) is 3.79. The molecule has 3 aromatic heterocycles. The fraction of sp³-hybridized carbons (Fsp3) is 0.261. The number of hydrogen-bond acceptors (Lipinski definition) is 6. The Kier molecular flexibility index (Phi) is 5.98. The number of amides is 1. The van der Waals surface area contributed by atoms with Crippen molar-refractivity contribution in [3.05, 3.63) is 84.3 Å². The molecule has 32 heavy (non-hydrogen) atoms. The van der Waals surface area contributed by atoms with Crippen molar-refractivity contribution in [1.82, 2.24) is 34.2 Å². The lowest BCUT2D eigenvalue weighted by Crippen LogP contribution is -2.25. The Balaban J connectivity index is 1.37. The predicted molar refractivity (Wildman–Crippen MR) is 121 cm³/mol. The number of rotatable bonds is 8. The molecule has 162 valence electrons. The second-order valence-corrected chi connectivity index (χ2v) is 8.53. The molecule has 9 heteroatoms. The molecule has 0 saturated carbocycles. The number of pyridine rings is 1. The Labute approximate surface area is 190 Å². The summed E-state index contributed by atoms with van der Waals surface area (Å²) >= 11 is 1.57. The van der Waals surface area contributed by atoms with Crippen LogP contribution in [0.5, 0.6) is 0 Å². The minimum Gasteiger partial charge on any atom is -0.335 e. The normalized spacial score (nSPS) is 13.8. The van der Waals surface area contributed by atoms with Gasteiger partial charge in [-0.15, -0.1) is 10.2 Å². The van der Waals surface area contributed by atoms with Crippen molar-refractivity contribution < 1.29 is 4.79 Å². The Morgan fingerprint density at radius 2 is 1.78 bits per heavy atom. The van der Waals surface area contributed by atoms with E-state index in [0.29, 0.717) is 24.5 Å². The number of nitrogens with zero attached hydrogens (tertiary/aromatic N) is 7. The Morgan fingerprint density at radius 1 is 0.906 bits per heavy atom. The van der Waals surface area contributed by atoms with Crippen molar-refractivity contribution in [3.63, 3.8) is 0 Å². The number of hydrogen-bond donors (Lipinski definition) is 0. The van der Waals surface area contributed by atoms with Crippen LogP contribution in [0.25, 0.3) is 5.82 Å². The van der Waals surface area contributed by atoms with Crippen LogP contribution in [0, 0.1) is 0 Å². The molecule has 1 saturated heterocycles. The average Bonchev–Trinajstić information content (AvgIpc) is 3.55. The summed E-state index contributed by atoms with van der Waals surface area (Å²) in [7, 11) is 0. The summed E-state index contributed by atoms with van der Waals surface area (Å²) in [5, 5.41) is 9.58. The Hall–Kier alpha value is -3.46. The molecule has 1 fully saturated rings. The summed E-state index contributed by atoms with van der Waals surface area (Å²) in [6.07, 6.45) is 7.07. The van der Waals surface area contributed by atoms with Crippen LogP contribution in [0.15, 0.2) is 72.3 Å². The zero-order chi connectivity index (χ0) is 21.8. The van der Waals surface area contributed by atoms with Crippen LogP contribution < -0.4 is 0 Å². The van der Waals surface area contributed by atoms with E-state index >= 15 is 0 Å². The number of imidazole rings is 1. The lowest BCUT2D eigenvalue weighted by atomic mass is 10.2. The van der Waals surface area contributed by atoms with Gasteiger partial charge in [0.15, 0.2) is 11.0 Å². The molecule has 0 atom stereocenters. The van der Waals surface area contributed by atoms with E-state index in [9.17, 15) is 4.79 Å². The summed E-state index contributed by atoms with van der Waals surface area (Å²) in [5.74, 6) is 3.24. The SMILES string of the molecule is O=C1CCCN1Cc1nnc(SCc2nccn2Cc2ccccc2)n1-c1ccccn1. The number of thioether (sulfide) groups is 1. The van der Waals surface area contributed by atoms with Gasteiger partial charge in [0.05, 0.1) is 12.3 Å². The third kappa shape index (κ3) is 4.43. The lowest BCUT2D eigenvalue weighted by molar-refractivity contribution is -0.128. The van der Waals surface area contributed by atoms with Gasteiger partial charge in [-0.2, -0.15) is 0 Å². The first-order chi connectivity index (χ1) is 15.8. The van der Waals surface area contributed by atoms with Gasteiger partial charge in [-0.1, -0.05) is 48.2 Å². The van der Waals surface area contributed by atoms with E-state index in [1.54, 1.807) is 18.0 Å². The van der Waals surface area contributed by atoms with Crippen molar-refractivity contribution in [3.8, 4) is 5.82 Å². The second kappa shape index (κ2) is 9.35. The van der Waals surface area contributed by atoms with Crippen LogP contribution >= 0.6 is 11.8 Å². The van der Waals surface area contributed by atoms with Gasteiger partial charge in [-0.05, 0) is 24.1 Å². The van der Waals surface area contributed by atoms with Crippen molar-refractivity contribution in [2.75, 3.05) is 6.54 Å². The number of likely N-dealkylation sites (tertiary alicyclic amines) is 1. The molecule has 4 aromatic rings. The Morgan fingerprint density at radius 3 is 2.56 bits per heavy atom. The van der Waals surface area contributed by atoms with Gasteiger partial charge in [-0.25, -0.2) is 9.97 Å². The first-order valence-corrected chi connectivity index (χ1v) is 11.6. The maximum atomic E-state index is 12.1. The highest BCUT2D eigenvalue weighted by atomic mass is 32.2. The number of carbonyl (C=O) groups excluding carboxylic acids is 1. The molecule has 1 aromatic carbocycles. The van der Waals surface area contributed by atoms with E-state index in [2.05, 4.69) is 36.9 Å². The highest BCUT2D eigenvalue weighted by Crippen LogP contribution is 2.25. The van der Waals surface area contributed by atoms with E-state index in [1.165, 1.54) is 5.56 Å². The smallest absolute Gasteiger partial charge is 0.223 e. The van der Waals surface area contributed by atoms with Crippen LogP contribution in [0.1, 0.15) is 30.1 Å². The molecule has 0 bridgehead atoms. The first kappa shape index (κ1) is 20.4. The number of carbonyl (C=O) groups is 1. The van der Waals surface area contributed by atoms with E-state index < -0.39 is 0 Å². The zero-order valence-corrected chi connectivity index (χ0v) is 18.4. The molecule has 1 aliphatic heterocycles. The molecular formula is C23H23N7OS. The van der Waals surface area contributed by atoms with Crippen LogP contribution in [-0.4, -0.2) is 46.7 Å². The van der Waals surface area contributed by atoms with Gasteiger partial charge < -0.3 is 9.47 Å². The third-order valence-electron chi connectivity index (χ3n) is 5.41. The van der Waals surface area contributed by atoms with Crippen LogP contribution in [-0.2, 0) is 23.6 Å². The highest BCUT2D eigenvalue weighted by Gasteiger charge is 2.24. The van der Waals surface area contributed by atoms with Crippen molar-refractivity contribution >= 4 is 17.7 Å². The summed E-state index contributed by atoms with van der Waals surface area (Å²) < 4.78 is 4.09. The maximum Gasteiger partial charge on any atom is 0.223 e. The van der Waals surface area contributed by atoms with Crippen molar-refractivity contribution in [2.45, 2.75) is 36.8 Å². The van der Waals surface area contributed by atoms with E-state index in [0.717, 1.165) is 36.3 Å². The summed E-state index contributed by atoms with van der Waals surface area (Å²) in [5.41, 5.74) is 1.23. The summed E-state index contributed by atoms with van der Waals surface area (Å²) in [4.78, 5) is 23.0. The van der Waals surface area contributed by atoms with E-state index in [4.69, 9.17) is 0 Å². The van der Waals surface area contributed by atoms with Crippen molar-refractivity contribution in [2.24, 2.45) is 0 Å². The van der Waals surface area contributed by atoms with E-state index in [-0.39, 0.29) is 5.91 Å². The minimum atomic E-state index is 0.165. The molecule has 8 nitrogen and oxygen atoms in total. The van der Waals surface area contributed by atoms with Gasteiger partial charge in [-0.3, -0.25) is 9.36 Å². The van der Waals surface area contributed by atoms with Crippen molar-refractivity contribution in [1.29, 1.82) is 0 Å². The average molecular weight is 446 g/mol. The van der Waals surface area contributed by atoms with Gasteiger partial charge in [0.25, 0.3) is 0 Å². The highest BCUT2D eigenvalue weighted by molar-refractivity contribution is 7.98. The number of benzene rings is 1. The molecule has 0 unspecified atom stereocenters. The molecule has 0 radical (unpaired) electrons. The van der Waals surface area contributed by atoms with Gasteiger partial charge in [0.1, 0.15) is 11.6 Å². The van der Waals surface area contributed by atoms with Gasteiger partial charge in [0.2, 0.25) is 5.91 Å². The zero-order valence-electron chi connectivity index (χ0n) is 17.5. The lowest BCUT2D eigenvalue weighted by Gasteiger charge is -2.16. The van der Waals surface area contributed by atoms with Crippen LogP contribution in [0.3, 0.4) is 0 Å². The van der Waals surface area contributed by atoms with E-state index in [1.807, 2.05) is 58.3 Å². The standard InChI is InChI=1S/C23H23N7OS/c31-22-10-6-13-29(22)16-20-26-27-23(30(20)19-9-4-5-11-24-19)32-17-21-25-12-14-28(21)15-18-7-2-1-3-8-18/h1-5,7-9,11-12,14H,6,10,13,15-17H2. The van der Waals surface area contributed by atoms with Crippen LogP contribution in [0.2, 0.25) is 0 Å². The minimum absolute atomic E-state index is 0.165. The topological polar surface area (TPSA) is 81.7 Å². The molecule has 1 aliphatic rings. The fourth-order valence-corrected chi connectivity index (χ4v) is 4.71. The predicted octanol–water partition coefficient (Wildman–Crippen LogP) is 3.32. The summed E-state index contributed by atoms with van der Waals surface area (Å²) in [6.45, 7) is 1.96. The molecule has 5 rings (SSSR count). The molecule has 0 spiro atoms. The maximum absolute atomic E-state index is 12.1. The quantitative estimate of drug-likeness (QED) is 0.387. The molecule has 4 heterocycles. The molecule has 1 amide bonds. The number of aromatic nitrogens is 6. The monoisotopic (exact) mass is 445 g/mol. The second-order valence-electron chi connectivity index (χ2n) is 7.59.